The lowest BCUT2D eigenvalue weighted by Gasteiger charge is -2.13. The molecule has 0 aliphatic rings. The minimum atomic E-state index is -3.84. The number of amides is 1. The van der Waals surface area contributed by atoms with Crippen LogP contribution in [0, 0.1) is 6.92 Å². The van der Waals surface area contributed by atoms with Gasteiger partial charge in [0, 0.05) is 5.69 Å². The molecule has 4 aromatic rings. The predicted molar refractivity (Wildman–Crippen MR) is 134 cm³/mol. The zero-order valence-electron chi connectivity index (χ0n) is 18.6. The topological polar surface area (TPSA) is 84.5 Å². The molecular formula is C27H24N2O4S. The maximum absolute atomic E-state index is 12.9. The average molecular weight is 473 g/mol. The van der Waals surface area contributed by atoms with Crippen molar-refractivity contribution in [3.8, 4) is 5.75 Å². The summed E-state index contributed by atoms with van der Waals surface area (Å²) < 4.78 is 33.9. The molecule has 0 atom stereocenters. The minimum Gasteiger partial charge on any atom is -0.489 e. The van der Waals surface area contributed by atoms with Gasteiger partial charge in [0.2, 0.25) is 0 Å². The third kappa shape index (κ3) is 5.82. The lowest BCUT2D eigenvalue weighted by Crippen LogP contribution is -2.18. The quantitative estimate of drug-likeness (QED) is 0.348. The van der Waals surface area contributed by atoms with Crippen molar-refractivity contribution in [3.05, 3.63) is 120 Å². The van der Waals surface area contributed by atoms with Crippen molar-refractivity contribution in [2.75, 3.05) is 10.0 Å². The summed E-state index contributed by atoms with van der Waals surface area (Å²) in [5, 5.41) is 2.80. The van der Waals surface area contributed by atoms with Crippen molar-refractivity contribution >= 4 is 27.3 Å². The van der Waals surface area contributed by atoms with Crippen LogP contribution >= 0.6 is 0 Å². The fourth-order valence-corrected chi connectivity index (χ4v) is 4.34. The third-order valence-electron chi connectivity index (χ3n) is 5.11. The monoisotopic (exact) mass is 472 g/mol. The van der Waals surface area contributed by atoms with E-state index in [1.165, 1.54) is 12.1 Å². The van der Waals surface area contributed by atoms with Crippen LogP contribution in [-0.2, 0) is 16.6 Å². The largest absolute Gasteiger partial charge is 0.489 e. The van der Waals surface area contributed by atoms with Crippen molar-refractivity contribution in [2.24, 2.45) is 0 Å². The van der Waals surface area contributed by atoms with Crippen LogP contribution in [0.25, 0.3) is 0 Å². The van der Waals surface area contributed by atoms with Gasteiger partial charge in [0.1, 0.15) is 12.4 Å². The average Bonchev–Trinajstić information content (AvgIpc) is 2.84. The molecule has 2 N–H and O–H groups in total. The highest BCUT2D eigenvalue weighted by Crippen LogP contribution is 2.23. The number of hydrogen-bond acceptors (Lipinski definition) is 4. The van der Waals surface area contributed by atoms with Gasteiger partial charge in [-0.05, 0) is 61.0 Å². The van der Waals surface area contributed by atoms with E-state index in [0.29, 0.717) is 18.0 Å². The first-order valence-corrected chi connectivity index (χ1v) is 12.2. The van der Waals surface area contributed by atoms with E-state index in [9.17, 15) is 13.2 Å². The molecule has 4 rings (SSSR count). The Labute approximate surface area is 199 Å². The van der Waals surface area contributed by atoms with Crippen LogP contribution in [0.2, 0.25) is 0 Å². The molecule has 172 valence electrons. The summed E-state index contributed by atoms with van der Waals surface area (Å²) >= 11 is 0. The van der Waals surface area contributed by atoms with Gasteiger partial charge in [-0.15, -0.1) is 0 Å². The Kier molecular flexibility index (Phi) is 6.94. The van der Waals surface area contributed by atoms with Gasteiger partial charge < -0.3 is 10.1 Å². The van der Waals surface area contributed by atoms with Gasteiger partial charge >= 0.3 is 0 Å². The second-order valence-corrected chi connectivity index (χ2v) is 9.40. The predicted octanol–water partition coefficient (Wildman–Crippen LogP) is 5.63. The molecule has 0 saturated carbocycles. The van der Waals surface area contributed by atoms with Gasteiger partial charge in [-0.2, -0.15) is 0 Å². The summed E-state index contributed by atoms with van der Waals surface area (Å²) in [4.78, 5) is 13.0. The molecule has 1 amide bonds. The van der Waals surface area contributed by atoms with Crippen LogP contribution in [0.4, 0.5) is 11.4 Å². The molecule has 6 nitrogen and oxygen atoms in total. The molecule has 34 heavy (non-hydrogen) atoms. The van der Waals surface area contributed by atoms with E-state index in [1.54, 1.807) is 60.7 Å². The van der Waals surface area contributed by atoms with Gasteiger partial charge in [-0.1, -0.05) is 60.2 Å². The maximum Gasteiger partial charge on any atom is 0.261 e. The molecule has 0 heterocycles. The van der Waals surface area contributed by atoms with E-state index in [0.717, 1.165) is 11.1 Å². The lowest BCUT2D eigenvalue weighted by molar-refractivity contribution is 0.102. The lowest BCUT2D eigenvalue weighted by atomic mass is 10.1. The van der Waals surface area contributed by atoms with Crippen LogP contribution in [-0.4, -0.2) is 14.3 Å². The number of carbonyl (C=O) groups excluding carboxylic acids is 1. The number of benzene rings is 4. The number of rotatable bonds is 8. The molecule has 0 spiro atoms. The van der Waals surface area contributed by atoms with Crippen molar-refractivity contribution in [1.29, 1.82) is 0 Å². The number of sulfonamides is 1. The van der Waals surface area contributed by atoms with Crippen LogP contribution in [0.1, 0.15) is 21.5 Å². The highest BCUT2D eigenvalue weighted by atomic mass is 32.2. The molecule has 0 saturated heterocycles. The second kappa shape index (κ2) is 10.2. The van der Waals surface area contributed by atoms with Crippen LogP contribution in [0.15, 0.2) is 108 Å². The maximum atomic E-state index is 12.9. The number of anilines is 2. The number of ether oxygens (including phenoxy) is 1. The number of carbonyl (C=O) groups is 1. The first kappa shape index (κ1) is 23.1. The van der Waals surface area contributed by atoms with Crippen molar-refractivity contribution in [2.45, 2.75) is 18.4 Å². The van der Waals surface area contributed by atoms with Gasteiger partial charge in [-0.25, -0.2) is 8.42 Å². The summed E-state index contributed by atoms with van der Waals surface area (Å²) in [6.07, 6.45) is 0. The Morgan fingerprint density at radius 2 is 1.44 bits per heavy atom. The normalized spacial score (nSPS) is 11.0. The Bertz CT molecular complexity index is 1370. The van der Waals surface area contributed by atoms with Gasteiger partial charge in [-0.3, -0.25) is 9.52 Å². The van der Waals surface area contributed by atoms with Crippen molar-refractivity contribution < 1.29 is 17.9 Å². The van der Waals surface area contributed by atoms with Gasteiger partial charge in [0.15, 0.2) is 0 Å². The number of aryl methyl sites for hydroxylation is 1. The fourth-order valence-electron chi connectivity index (χ4n) is 3.27. The van der Waals surface area contributed by atoms with E-state index in [1.807, 2.05) is 37.3 Å². The van der Waals surface area contributed by atoms with Gasteiger partial charge in [0.25, 0.3) is 15.9 Å². The van der Waals surface area contributed by atoms with E-state index < -0.39 is 15.9 Å². The summed E-state index contributed by atoms with van der Waals surface area (Å²) in [7, 11) is -3.84. The zero-order valence-corrected chi connectivity index (χ0v) is 19.4. The molecule has 0 aliphatic heterocycles. The van der Waals surface area contributed by atoms with Crippen LogP contribution in [0.5, 0.6) is 5.75 Å². The summed E-state index contributed by atoms with van der Waals surface area (Å²) in [5.41, 5.74) is 2.99. The Morgan fingerprint density at radius 1 is 0.794 bits per heavy atom. The fraction of sp³-hybridized carbons (Fsp3) is 0.0741. The van der Waals surface area contributed by atoms with E-state index in [-0.39, 0.29) is 16.1 Å². The second-order valence-electron chi connectivity index (χ2n) is 7.72. The number of hydrogen-bond donors (Lipinski definition) is 2. The highest BCUT2D eigenvalue weighted by molar-refractivity contribution is 7.92. The highest BCUT2D eigenvalue weighted by Gasteiger charge is 2.18. The minimum absolute atomic E-state index is 0.124. The molecule has 0 aliphatic carbocycles. The standard InChI is InChI=1S/C27H24N2O4S/c1-20-11-17-24(18-12-20)34(31,32)29-26-10-6-5-9-25(26)27(30)28-22-13-15-23(16-14-22)33-19-21-7-3-2-4-8-21/h2-18,29H,19H2,1H3,(H,28,30). The summed E-state index contributed by atoms with van der Waals surface area (Å²) in [6.45, 7) is 2.33. The Morgan fingerprint density at radius 3 is 2.15 bits per heavy atom. The Balaban J connectivity index is 1.44. The van der Waals surface area contributed by atoms with Crippen LogP contribution < -0.4 is 14.8 Å². The molecule has 7 heteroatoms. The molecule has 0 aromatic heterocycles. The van der Waals surface area contributed by atoms with E-state index in [4.69, 9.17) is 4.74 Å². The molecule has 0 radical (unpaired) electrons. The van der Waals surface area contributed by atoms with Gasteiger partial charge in [0.05, 0.1) is 16.1 Å². The zero-order chi connectivity index (χ0) is 24.0. The summed E-state index contributed by atoms with van der Waals surface area (Å²) in [6, 6.07) is 29.8. The molecule has 0 bridgehead atoms. The van der Waals surface area contributed by atoms with Crippen molar-refractivity contribution in [3.63, 3.8) is 0 Å². The first-order valence-electron chi connectivity index (χ1n) is 10.7. The van der Waals surface area contributed by atoms with Crippen LogP contribution in [0.3, 0.4) is 0 Å². The number of para-hydroxylation sites is 1. The van der Waals surface area contributed by atoms with E-state index in [2.05, 4.69) is 10.0 Å². The first-order chi connectivity index (χ1) is 16.4. The van der Waals surface area contributed by atoms with E-state index >= 15 is 0 Å². The third-order valence-corrected chi connectivity index (χ3v) is 6.49. The molecule has 4 aromatic carbocycles. The summed E-state index contributed by atoms with van der Waals surface area (Å²) in [5.74, 6) is 0.244. The molecule has 0 fully saturated rings. The molecular weight excluding hydrogens is 448 g/mol. The SMILES string of the molecule is Cc1ccc(S(=O)(=O)Nc2ccccc2C(=O)Nc2ccc(OCc3ccccc3)cc2)cc1. The Hall–Kier alpha value is -4.10. The number of nitrogens with one attached hydrogen (secondary N) is 2. The smallest absolute Gasteiger partial charge is 0.261 e. The molecule has 0 unspecified atom stereocenters. The van der Waals surface area contributed by atoms with Crippen molar-refractivity contribution in [1.82, 2.24) is 0 Å².